The summed E-state index contributed by atoms with van der Waals surface area (Å²) in [7, 11) is 0. The minimum Gasteiger partial charge on any atom is -0.348 e. The Hall–Kier alpha value is -2.89. The molecule has 25 heavy (non-hydrogen) atoms. The summed E-state index contributed by atoms with van der Waals surface area (Å²) in [6, 6.07) is 10.3. The monoisotopic (exact) mass is 335 g/mol. The van der Waals surface area contributed by atoms with Crippen molar-refractivity contribution in [3.05, 3.63) is 59.9 Å². The zero-order chi connectivity index (χ0) is 17.2. The fourth-order valence-corrected chi connectivity index (χ4v) is 3.58. The standard InChI is InChI=1S/C19H21N5O/c1-13-17(21-12-20-13)19(25)24-9-5-8-15(11-24)18-16(10-22-23-18)14-6-3-2-4-7-14/h2-4,6-7,10,12,15H,5,8-9,11H2,1H3,(H,20,21)(H,22,23)/t15-/m0/s1. The highest BCUT2D eigenvalue weighted by Gasteiger charge is 2.29. The second kappa shape index (κ2) is 6.55. The van der Waals surface area contributed by atoms with Gasteiger partial charge in [0.15, 0.2) is 0 Å². The Morgan fingerprint density at radius 1 is 1.28 bits per heavy atom. The predicted molar refractivity (Wildman–Crippen MR) is 95.2 cm³/mol. The van der Waals surface area contributed by atoms with Gasteiger partial charge in [0.2, 0.25) is 0 Å². The number of aromatic nitrogens is 4. The Morgan fingerprint density at radius 3 is 2.88 bits per heavy atom. The zero-order valence-electron chi connectivity index (χ0n) is 14.2. The van der Waals surface area contributed by atoms with E-state index in [0.717, 1.165) is 41.9 Å². The van der Waals surface area contributed by atoms with Crippen molar-refractivity contribution in [3.63, 3.8) is 0 Å². The molecule has 1 fully saturated rings. The largest absolute Gasteiger partial charge is 0.348 e. The summed E-state index contributed by atoms with van der Waals surface area (Å²) < 4.78 is 0. The lowest BCUT2D eigenvalue weighted by Gasteiger charge is -2.32. The fourth-order valence-electron chi connectivity index (χ4n) is 3.58. The van der Waals surface area contributed by atoms with Crippen molar-refractivity contribution < 1.29 is 4.79 Å². The van der Waals surface area contributed by atoms with E-state index >= 15 is 0 Å². The molecule has 1 amide bonds. The minimum atomic E-state index is 0.00391. The van der Waals surface area contributed by atoms with E-state index in [2.05, 4.69) is 32.3 Å². The quantitative estimate of drug-likeness (QED) is 0.772. The van der Waals surface area contributed by atoms with E-state index in [4.69, 9.17) is 0 Å². The Kier molecular flexibility index (Phi) is 4.09. The van der Waals surface area contributed by atoms with Crippen LogP contribution in [0.3, 0.4) is 0 Å². The highest BCUT2D eigenvalue weighted by molar-refractivity contribution is 5.93. The van der Waals surface area contributed by atoms with E-state index in [1.54, 1.807) is 6.33 Å². The molecular formula is C19H21N5O. The fraction of sp³-hybridized carbons (Fsp3) is 0.316. The number of likely N-dealkylation sites (tertiary alicyclic amines) is 1. The topological polar surface area (TPSA) is 77.7 Å². The van der Waals surface area contributed by atoms with Crippen LogP contribution in [0.4, 0.5) is 0 Å². The second-order valence-electron chi connectivity index (χ2n) is 6.53. The van der Waals surface area contributed by atoms with Crippen LogP contribution in [0.15, 0.2) is 42.9 Å². The van der Waals surface area contributed by atoms with Crippen molar-refractivity contribution >= 4 is 5.91 Å². The van der Waals surface area contributed by atoms with Gasteiger partial charge < -0.3 is 9.88 Å². The van der Waals surface area contributed by atoms with Crippen LogP contribution in [-0.2, 0) is 0 Å². The molecule has 6 nitrogen and oxygen atoms in total. The molecule has 2 N–H and O–H groups in total. The Labute approximate surface area is 146 Å². The molecule has 1 aliphatic rings. The van der Waals surface area contributed by atoms with Gasteiger partial charge in [0.25, 0.3) is 5.91 Å². The van der Waals surface area contributed by atoms with Crippen LogP contribution < -0.4 is 0 Å². The van der Waals surface area contributed by atoms with Gasteiger partial charge in [-0.2, -0.15) is 5.10 Å². The average Bonchev–Trinajstić information content (AvgIpc) is 3.31. The number of rotatable bonds is 3. The van der Waals surface area contributed by atoms with Crippen LogP contribution in [0.25, 0.3) is 11.1 Å². The van der Waals surface area contributed by atoms with Crippen LogP contribution in [0, 0.1) is 6.92 Å². The van der Waals surface area contributed by atoms with Crippen molar-refractivity contribution in [1.82, 2.24) is 25.1 Å². The summed E-state index contributed by atoms with van der Waals surface area (Å²) in [4.78, 5) is 21.8. The Morgan fingerprint density at radius 2 is 2.12 bits per heavy atom. The molecule has 0 spiro atoms. The van der Waals surface area contributed by atoms with Gasteiger partial charge in [-0.3, -0.25) is 9.89 Å². The van der Waals surface area contributed by atoms with Crippen LogP contribution >= 0.6 is 0 Å². The van der Waals surface area contributed by atoms with Crippen LogP contribution in [0.2, 0.25) is 0 Å². The summed E-state index contributed by atoms with van der Waals surface area (Å²) in [5.41, 5.74) is 4.73. The molecule has 1 aliphatic heterocycles. The Bertz CT molecular complexity index is 867. The number of piperidine rings is 1. The third-order valence-electron chi connectivity index (χ3n) is 4.90. The number of H-pyrrole nitrogens is 2. The lowest BCUT2D eigenvalue weighted by molar-refractivity contribution is 0.0700. The minimum absolute atomic E-state index is 0.00391. The van der Waals surface area contributed by atoms with Crippen molar-refractivity contribution in [2.24, 2.45) is 0 Å². The molecular weight excluding hydrogens is 314 g/mol. The number of hydrogen-bond donors (Lipinski definition) is 2. The van der Waals surface area contributed by atoms with E-state index in [1.165, 1.54) is 0 Å². The van der Waals surface area contributed by atoms with Gasteiger partial charge in [-0.05, 0) is 25.3 Å². The zero-order valence-corrected chi connectivity index (χ0v) is 14.2. The molecule has 3 aromatic rings. The van der Waals surface area contributed by atoms with E-state index in [-0.39, 0.29) is 11.8 Å². The normalized spacial score (nSPS) is 17.6. The molecule has 3 heterocycles. The number of amides is 1. The van der Waals surface area contributed by atoms with Gasteiger partial charge in [0, 0.05) is 36.0 Å². The van der Waals surface area contributed by atoms with E-state index in [9.17, 15) is 4.79 Å². The first-order valence-electron chi connectivity index (χ1n) is 8.62. The number of nitrogens with zero attached hydrogens (tertiary/aromatic N) is 3. The number of aryl methyl sites for hydroxylation is 1. The molecule has 6 heteroatoms. The smallest absolute Gasteiger partial charge is 0.274 e. The number of hydrogen-bond acceptors (Lipinski definition) is 3. The maximum atomic E-state index is 12.8. The van der Waals surface area contributed by atoms with Crippen LogP contribution in [-0.4, -0.2) is 44.1 Å². The Balaban J connectivity index is 1.58. The van der Waals surface area contributed by atoms with Gasteiger partial charge in [-0.1, -0.05) is 30.3 Å². The number of imidazole rings is 1. The van der Waals surface area contributed by atoms with Gasteiger partial charge in [0.1, 0.15) is 5.69 Å². The lowest BCUT2D eigenvalue weighted by atomic mass is 9.90. The molecule has 0 aliphatic carbocycles. The third-order valence-corrected chi connectivity index (χ3v) is 4.90. The summed E-state index contributed by atoms with van der Waals surface area (Å²) in [5.74, 6) is 0.263. The molecule has 4 rings (SSSR count). The maximum absolute atomic E-state index is 12.8. The number of carbonyl (C=O) groups is 1. The number of benzene rings is 1. The molecule has 2 aromatic heterocycles. The first kappa shape index (κ1) is 15.6. The predicted octanol–water partition coefficient (Wildman–Crippen LogP) is 3.13. The third kappa shape index (κ3) is 2.95. The molecule has 0 saturated carbocycles. The number of nitrogens with one attached hydrogen (secondary N) is 2. The summed E-state index contributed by atoms with van der Waals surface area (Å²) >= 11 is 0. The molecule has 1 atom stereocenters. The lowest BCUT2D eigenvalue weighted by Crippen LogP contribution is -2.39. The van der Waals surface area contributed by atoms with Crippen LogP contribution in [0.1, 0.15) is 40.6 Å². The second-order valence-corrected chi connectivity index (χ2v) is 6.53. The molecule has 0 radical (unpaired) electrons. The summed E-state index contributed by atoms with van der Waals surface area (Å²) in [6.45, 7) is 3.34. The number of carbonyl (C=O) groups excluding carboxylic acids is 1. The molecule has 1 saturated heterocycles. The van der Waals surface area contributed by atoms with E-state index < -0.39 is 0 Å². The van der Waals surface area contributed by atoms with Crippen LogP contribution in [0.5, 0.6) is 0 Å². The van der Waals surface area contributed by atoms with Gasteiger partial charge >= 0.3 is 0 Å². The van der Waals surface area contributed by atoms with E-state index in [1.807, 2.05) is 36.2 Å². The van der Waals surface area contributed by atoms with Gasteiger partial charge in [-0.15, -0.1) is 0 Å². The van der Waals surface area contributed by atoms with Gasteiger partial charge in [0.05, 0.1) is 12.5 Å². The first-order valence-corrected chi connectivity index (χ1v) is 8.62. The maximum Gasteiger partial charge on any atom is 0.274 e. The average molecular weight is 335 g/mol. The molecule has 128 valence electrons. The summed E-state index contributed by atoms with van der Waals surface area (Å²) in [5, 5.41) is 7.43. The summed E-state index contributed by atoms with van der Waals surface area (Å²) in [6.07, 6.45) is 5.48. The van der Waals surface area contributed by atoms with Crippen molar-refractivity contribution in [1.29, 1.82) is 0 Å². The van der Waals surface area contributed by atoms with E-state index in [0.29, 0.717) is 12.2 Å². The number of aromatic amines is 2. The first-order chi connectivity index (χ1) is 12.2. The molecule has 1 aromatic carbocycles. The highest BCUT2D eigenvalue weighted by atomic mass is 16.2. The SMILES string of the molecule is Cc1[nH]cnc1C(=O)N1CCC[C@H](c2[nH]ncc2-c2ccccc2)C1. The van der Waals surface area contributed by atoms with Crippen molar-refractivity contribution in [3.8, 4) is 11.1 Å². The van der Waals surface area contributed by atoms with Crippen molar-refractivity contribution in [2.75, 3.05) is 13.1 Å². The highest BCUT2D eigenvalue weighted by Crippen LogP contribution is 2.33. The molecule has 0 unspecified atom stereocenters. The van der Waals surface area contributed by atoms with Gasteiger partial charge in [-0.25, -0.2) is 4.98 Å². The van der Waals surface area contributed by atoms with Crippen molar-refractivity contribution in [2.45, 2.75) is 25.7 Å². The molecule has 0 bridgehead atoms.